The summed E-state index contributed by atoms with van der Waals surface area (Å²) >= 11 is 0. The number of aromatic nitrogens is 2. The van der Waals surface area contributed by atoms with Gasteiger partial charge in [-0.15, -0.1) is 0 Å². The van der Waals surface area contributed by atoms with Crippen molar-refractivity contribution in [2.45, 2.75) is 12.8 Å². The predicted molar refractivity (Wildman–Crippen MR) is 36.1 cm³/mol. The smallest absolute Gasteiger partial charge is 0.217 e. The largest absolute Gasteiger partial charge is 0.370 e. The van der Waals surface area contributed by atoms with Crippen LogP contribution in [0.2, 0.25) is 0 Å². The molecule has 0 fully saturated rings. The van der Waals surface area contributed by atoms with E-state index in [0.717, 1.165) is 5.69 Å². The molecule has 0 saturated heterocycles. The van der Waals surface area contributed by atoms with Crippen LogP contribution < -0.4 is 5.73 Å². The quantitative estimate of drug-likeness (QED) is 0.610. The molecule has 0 aliphatic carbocycles. The molecule has 0 radical (unpaired) electrons. The molecule has 0 aliphatic heterocycles. The highest BCUT2D eigenvalue weighted by molar-refractivity contribution is 5.73. The molecule has 0 saturated carbocycles. The molecule has 54 valence electrons. The van der Waals surface area contributed by atoms with Crippen molar-refractivity contribution in [2.24, 2.45) is 5.73 Å². The molecule has 10 heavy (non-hydrogen) atoms. The molecule has 0 aliphatic rings. The molecule has 0 spiro atoms. The van der Waals surface area contributed by atoms with Crippen LogP contribution in [-0.2, 0) is 11.2 Å². The van der Waals surface area contributed by atoms with Gasteiger partial charge < -0.3 is 5.73 Å². The van der Waals surface area contributed by atoms with E-state index in [0.29, 0.717) is 12.8 Å². The average Bonchev–Trinajstić information content (AvgIpc) is 2.34. The summed E-state index contributed by atoms with van der Waals surface area (Å²) in [5.74, 6) is -0.283. The van der Waals surface area contributed by atoms with Gasteiger partial charge in [0.1, 0.15) is 0 Å². The molecule has 4 heteroatoms. The first-order valence-corrected chi connectivity index (χ1v) is 3.05. The van der Waals surface area contributed by atoms with Crippen LogP contribution in [0.15, 0.2) is 12.3 Å². The van der Waals surface area contributed by atoms with Crippen LogP contribution in [0, 0.1) is 0 Å². The minimum Gasteiger partial charge on any atom is -0.370 e. The zero-order valence-electron chi connectivity index (χ0n) is 5.50. The first kappa shape index (κ1) is 6.80. The summed E-state index contributed by atoms with van der Waals surface area (Å²) in [5, 5.41) is 6.46. The van der Waals surface area contributed by atoms with Gasteiger partial charge in [0.2, 0.25) is 5.91 Å². The van der Waals surface area contributed by atoms with Crippen LogP contribution in [0.25, 0.3) is 0 Å². The van der Waals surface area contributed by atoms with Gasteiger partial charge in [-0.1, -0.05) is 0 Å². The fourth-order valence-electron chi connectivity index (χ4n) is 0.682. The third-order valence-corrected chi connectivity index (χ3v) is 1.20. The normalized spacial score (nSPS) is 9.60. The number of nitrogens with zero attached hydrogens (tertiary/aromatic N) is 1. The van der Waals surface area contributed by atoms with Crippen molar-refractivity contribution in [1.82, 2.24) is 10.2 Å². The number of nitrogens with one attached hydrogen (secondary N) is 1. The lowest BCUT2D eigenvalue weighted by Crippen LogP contribution is -2.11. The molecule has 1 aromatic heterocycles. The second-order valence-corrected chi connectivity index (χ2v) is 2.05. The number of H-pyrrole nitrogens is 1. The summed E-state index contributed by atoms with van der Waals surface area (Å²) < 4.78 is 0. The number of aromatic amines is 1. The summed E-state index contributed by atoms with van der Waals surface area (Å²) in [6.07, 6.45) is 2.67. The van der Waals surface area contributed by atoms with Crippen molar-refractivity contribution in [3.63, 3.8) is 0 Å². The monoisotopic (exact) mass is 139 g/mol. The van der Waals surface area contributed by atoms with Gasteiger partial charge in [0.15, 0.2) is 0 Å². The van der Waals surface area contributed by atoms with Crippen molar-refractivity contribution in [3.05, 3.63) is 18.0 Å². The van der Waals surface area contributed by atoms with Gasteiger partial charge in [0.05, 0.1) is 0 Å². The van der Waals surface area contributed by atoms with Crippen molar-refractivity contribution >= 4 is 5.91 Å². The third-order valence-electron chi connectivity index (χ3n) is 1.20. The van der Waals surface area contributed by atoms with Crippen LogP contribution in [-0.4, -0.2) is 16.1 Å². The number of nitrogens with two attached hydrogens (primary N) is 1. The number of amides is 1. The predicted octanol–water partition coefficient (Wildman–Crippen LogP) is -0.172. The van der Waals surface area contributed by atoms with E-state index in [1.54, 1.807) is 6.20 Å². The highest BCUT2D eigenvalue weighted by Gasteiger charge is 1.96. The molecule has 1 aromatic rings. The van der Waals surface area contributed by atoms with E-state index in [1.807, 2.05) is 6.07 Å². The van der Waals surface area contributed by atoms with Crippen LogP contribution in [0.3, 0.4) is 0 Å². The van der Waals surface area contributed by atoms with E-state index in [2.05, 4.69) is 10.2 Å². The second kappa shape index (κ2) is 3.00. The molecule has 0 atom stereocenters. The maximum atomic E-state index is 10.3. The second-order valence-electron chi connectivity index (χ2n) is 2.05. The molecule has 1 rings (SSSR count). The van der Waals surface area contributed by atoms with Crippen molar-refractivity contribution < 1.29 is 4.79 Å². The Bertz CT molecular complexity index is 205. The summed E-state index contributed by atoms with van der Waals surface area (Å²) in [4.78, 5) is 10.3. The lowest BCUT2D eigenvalue weighted by Gasteiger charge is -1.90. The molecule has 4 nitrogen and oxygen atoms in total. The molecular formula is C6H9N3O. The highest BCUT2D eigenvalue weighted by atomic mass is 16.1. The van der Waals surface area contributed by atoms with Gasteiger partial charge in [-0.25, -0.2) is 0 Å². The lowest BCUT2D eigenvalue weighted by atomic mass is 10.2. The minimum absolute atomic E-state index is 0.283. The Morgan fingerprint density at radius 3 is 3.10 bits per heavy atom. The van der Waals surface area contributed by atoms with Crippen LogP contribution >= 0.6 is 0 Å². The number of carbonyl (C=O) groups excluding carboxylic acids is 1. The zero-order chi connectivity index (χ0) is 7.40. The number of primary amides is 1. The summed E-state index contributed by atoms with van der Waals surface area (Å²) in [7, 11) is 0. The average molecular weight is 139 g/mol. The topological polar surface area (TPSA) is 71.8 Å². The van der Waals surface area contributed by atoms with E-state index in [9.17, 15) is 4.79 Å². The zero-order valence-corrected chi connectivity index (χ0v) is 5.50. The van der Waals surface area contributed by atoms with Gasteiger partial charge in [-0.05, 0) is 12.5 Å². The Balaban J connectivity index is 2.35. The van der Waals surface area contributed by atoms with Gasteiger partial charge in [0.25, 0.3) is 0 Å². The number of rotatable bonds is 3. The molecule has 3 N–H and O–H groups in total. The molecule has 0 aromatic carbocycles. The molecule has 0 unspecified atom stereocenters. The van der Waals surface area contributed by atoms with E-state index in [4.69, 9.17) is 5.73 Å². The maximum Gasteiger partial charge on any atom is 0.217 e. The number of carbonyl (C=O) groups is 1. The number of hydrogen-bond donors (Lipinski definition) is 2. The van der Waals surface area contributed by atoms with Crippen LogP contribution in [0.5, 0.6) is 0 Å². The summed E-state index contributed by atoms with van der Waals surface area (Å²) in [5.41, 5.74) is 5.88. The Labute approximate surface area is 58.4 Å². The van der Waals surface area contributed by atoms with Gasteiger partial charge >= 0.3 is 0 Å². The van der Waals surface area contributed by atoms with E-state index >= 15 is 0 Å². The first-order valence-electron chi connectivity index (χ1n) is 3.05. The molecular weight excluding hydrogens is 130 g/mol. The summed E-state index contributed by atoms with van der Waals surface area (Å²) in [6, 6.07) is 1.82. The van der Waals surface area contributed by atoms with E-state index < -0.39 is 0 Å². The van der Waals surface area contributed by atoms with E-state index in [-0.39, 0.29) is 5.91 Å². The minimum atomic E-state index is -0.283. The Hall–Kier alpha value is -1.32. The highest BCUT2D eigenvalue weighted by Crippen LogP contribution is 1.95. The first-order chi connectivity index (χ1) is 4.79. The maximum absolute atomic E-state index is 10.3. The standard InChI is InChI=1S/C6H9N3O/c7-6(10)2-1-5-3-4-8-9-5/h3-4H,1-2H2,(H2,7,10)(H,8,9). The molecule has 1 heterocycles. The van der Waals surface area contributed by atoms with Gasteiger partial charge in [-0.2, -0.15) is 5.10 Å². The molecule has 0 bridgehead atoms. The van der Waals surface area contributed by atoms with Gasteiger partial charge in [-0.3, -0.25) is 9.89 Å². The van der Waals surface area contributed by atoms with Crippen molar-refractivity contribution in [1.29, 1.82) is 0 Å². The van der Waals surface area contributed by atoms with Crippen molar-refractivity contribution in [3.8, 4) is 0 Å². The number of hydrogen-bond acceptors (Lipinski definition) is 2. The SMILES string of the molecule is NC(=O)CCc1ccn[nH]1. The number of aryl methyl sites for hydroxylation is 1. The Morgan fingerprint density at radius 2 is 2.60 bits per heavy atom. The molecule has 1 amide bonds. The van der Waals surface area contributed by atoms with E-state index in [1.165, 1.54) is 0 Å². The third kappa shape index (κ3) is 1.89. The van der Waals surface area contributed by atoms with Crippen molar-refractivity contribution in [2.75, 3.05) is 0 Å². The van der Waals surface area contributed by atoms with Crippen LogP contribution in [0.1, 0.15) is 12.1 Å². The summed E-state index contributed by atoms with van der Waals surface area (Å²) in [6.45, 7) is 0. The fraction of sp³-hybridized carbons (Fsp3) is 0.333. The Kier molecular flexibility index (Phi) is 2.04. The lowest BCUT2D eigenvalue weighted by molar-refractivity contribution is -0.118. The fourth-order valence-corrected chi connectivity index (χ4v) is 0.682. The van der Waals surface area contributed by atoms with Gasteiger partial charge in [0, 0.05) is 18.3 Å². The Morgan fingerprint density at radius 1 is 1.80 bits per heavy atom. The van der Waals surface area contributed by atoms with Crippen LogP contribution in [0.4, 0.5) is 0 Å².